The topological polar surface area (TPSA) is 110 Å². The number of aromatic nitrogens is 2. The Balaban J connectivity index is 2.25. The Hall–Kier alpha value is -2.75. The summed E-state index contributed by atoms with van der Waals surface area (Å²) in [5.74, 6) is -0.974. The van der Waals surface area contributed by atoms with Gasteiger partial charge >= 0.3 is 5.69 Å². The van der Waals surface area contributed by atoms with Gasteiger partial charge in [-0.25, -0.2) is 8.78 Å². The van der Waals surface area contributed by atoms with E-state index in [1.54, 1.807) is 0 Å². The summed E-state index contributed by atoms with van der Waals surface area (Å²) >= 11 is 5.74. The van der Waals surface area contributed by atoms with E-state index < -0.39 is 35.2 Å². The van der Waals surface area contributed by atoms with E-state index in [9.17, 15) is 28.8 Å². The fraction of sp³-hybridized carbons (Fsp3) is 0.231. The zero-order valence-corrected chi connectivity index (χ0v) is 12.9. The van der Waals surface area contributed by atoms with Crippen molar-refractivity contribution in [2.75, 3.05) is 5.32 Å². The number of aromatic hydroxyl groups is 1. The third kappa shape index (κ3) is 3.59. The number of nitro groups is 1. The van der Waals surface area contributed by atoms with Gasteiger partial charge in [0.25, 0.3) is 6.43 Å². The summed E-state index contributed by atoms with van der Waals surface area (Å²) in [6.45, 7) is 0.659. The van der Waals surface area contributed by atoms with E-state index in [-0.39, 0.29) is 22.2 Å². The number of carbonyl (C=O) groups is 1. The van der Waals surface area contributed by atoms with Gasteiger partial charge in [0, 0.05) is 5.02 Å². The quantitative estimate of drug-likeness (QED) is 0.483. The van der Waals surface area contributed by atoms with Crippen molar-refractivity contribution >= 4 is 28.9 Å². The number of nitrogens with one attached hydrogen (secondary N) is 1. The lowest BCUT2D eigenvalue weighted by Crippen LogP contribution is -2.20. The van der Waals surface area contributed by atoms with Gasteiger partial charge in [-0.3, -0.25) is 19.6 Å². The van der Waals surface area contributed by atoms with Gasteiger partial charge in [-0.05, 0) is 25.1 Å². The highest BCUT2D eigenvalue weighted by molar-refractivity contribution is 6.31. The summed E-state index contributed by atoms with van der Waals surface area (Å²) in [5.41, 5.74) is -2.00. The highest BCUT2D eigenvalue weighted by Crippen LogP contribution is 2.31. The summed E-state index contributed by atoms with van der Waals surface area (Å²) in [5, 5.41) is 26.5. The van der Waals surface area contributed by atoms with E-state index in [4.69, 9.17) is 11.6 Å². The molecule has 2 N–H and O–H groups in total. The number of rotatable bonds is 5. The van der Waals surface area contributed by atoms with Crippen LogP contribution in [-0.4, -0.2) is 25.7 Å². The van der Waals surface area contributed by atoms with Gasteiger partial charge < -0.3 is 10.4 Å². The molecule has 2 aromatic rings. The van der Waals surface area contributed by atoms with Gasteiger partial charge in [0.15, 0.2) is 0 Å². The second kappa shape index (κ2) is 6.79. The van der Waals surface area contributed by atoms with Crippen LogP contribution in [0, 0.1) is 17.0 Å². The summed E-state index contributed by atoms with van der Waals surface area (Å²) in [7, 11) is 0. The number of carbonyl (C=O) groups excluding carboxylic acids is 1. The smallest absolute Gasteiger partial charge is 0.319 e. The summed E-state index contributed by atoms with van der Waals surface area (Å²) in [6.07, 6.45) is -3.15. The molecule has 8 nitrogen and oxygen atoms in total. The third-order valence-corrected chi connectivity index (χ3v) is 3.35. The zero-order valence-electron chi connectivity index (χ0n) is 12.2. The van der Waals surface area contributed by atoms with Gasteiger partial charge in [-0.15, -0.1) is 0 Å². The number of amides is 1. The zero-order chi connectivity index (χ0) is 18.0. The van der Waals surface area contributed by atoms with Crippen LogP contribution in [0.1, 0.15) is 17.8 Å². The van der Waals surface area contributed by atoms with E-state index in [2.05, 4.69) is 10.4 Å². The molecule has 0 bridgehead atoms. The van der Waals surface area contributed by atoms with Crippen molar-refractivity contribution in [1.82, 2.24) is 9.78 Å². The lowest BCUT2D eigenvalue weighted by atomic mass is 10.3. The minimum Gasteiger partial charge on any atom is -0.506 e. The van der Waals surface area contributed by atoms with Crippen molar-refractivity contribution in [3.63, 3.8) is 0 Å². The van der Waals surface area contributed by atoms with Crippen molar-refractivity contribution in [2.24, 2.45) is 0 Å². The molecule has 0 unspecified atom stereocenters. The van der Waals surface area contributed by atoms with Crippen LogP contribution in [0.15, 0.2) is 18.2 Å². The van der Waals surface area contributed by atoms with E-state index in [1.807, 2.05) is 0 Å². The van der Waals surface area contributed by atoms with Crippen LogP contribution in [0.3, 0.4) is 0 Å². The molecule has 1 aromatic carbocycles. The molecule has 0 fully saturated rings. The van der Waals surface area contributed by atoms with Crippen LogP contribution in [0.25, 0.3) is 0 Å². The first kappa shape index (κ1) is 17.6. The molecule has 0 atom stereocenters. The number of alkyl halides is 2. The molecule has 2 rings (SSSR count). The molecular formula is C13H11ClF2N4O4. The lowest BCUT2D eigenvalue weighted by Gasteiger charge is -2.08. The maximum atomic E-state index is 12.8. The van der Waals surface area contributed by atoms with E-state index in [0.717, 1.165) is 4.68 Å². The van der Waals surface area contributed by atoms with Crippen molar-refractivity contribution in [1.29, 1.82) is 0 Å². The Morgan fingerprint density at radius 3 is 2.75 bits per heavy atom. The molecule has 0 radical (unpaired) electrons. The van der Waals surface area contributed by atoms with Gasteiger partial charge in [-0.1, -0.05) is 11.6 Å². The molecule has 128 valence electrons. The number of nitrogens with zero attached hydrogens (tertiary/aromatic N) is 3. The average Bonchev–Trinajstić information content (AvgIpc) is 2.80. The first-order valence-electron chi connectivity index (χ1n) is 6.49. The fourth-order valence-corrected chi connectivity index (χ4v) is 2.19. The molecule has 0 aliphatic heterocycles. The number of hydrogen-bond donors (Lipinski definition) is 2. The van der Waals surface area contributed by atoms with Crippen LogP contribution in [0.5, 0.6) is 5.75 Å². The van der Waals surface area contributed by atoms with Gasteiger partial charge in [0.1, 0.15) is 18.0 Å². The summed E-state index contributed by atoms with van der Waals surface area (Å²) in [6, 6.07) is 3.96. The standard InChI is InChI=1S/C13H11ClF2N4O4/c1-6-12(20(23)24)11(13(15)16)18-19(6)5-10(22)17-8-4-7(14)2-3-9(8)21/h2-4,13,21H,5H2,1H3,(H,17,22). The molecule has 0 saturated heterocycles. The summed E-state index contributed by atoms with van der Waals surface area (Å²) < 4.78 is 26.5. The second-order valence-electron chi connectivity index (χ2n) is 4.74. The van der Waals surface area contributed by atoms with Gasteiger partial charge in [-0.2, -0.15) is 5.10 Å². The molecular weight excluding hydrogens is 350 g/mol. The molecule has 0 saturated carbocycles. The van der Waals surface area contributed by atoms with Crippen LogP contribution in [0.2, 0.25) is 5.02 Å². The van der Waals surface area contributed by atoms with Crippen molar-refractivity contribution in [2.45, 2.75) is 19.9 Å². The number of hydrogen-bond acceptors (Lipinski definition) is 5. The first-order chi connectivity index (χ1) is 11.2. The largest absolute Gasteiger partial charge is 0.506 e. The van der Waals surface area contributed by atoms with E-state index in [0.29, 0.717) is 0 Å². The molecule has 0 spiro atoms. The molecule has 11 heteroatoms. The predicted octanol–water partition coefficient (Wildman–Crippen LogP) is 3.04. The average molecular weight is 361 g/mol. The highest BCUT2D eigenvalue weighted by atomic mass is 35.5. The number of benzene rings is 1. The predicted molar refractivity (Wildman–Crippen MR) is 80.3 cm³/mol. The lowest BCUT2D eigenvalue weighted by molar-refractivity contribution is -0.386. The van der Waals surface area contributed by atoms with Gasteiger partial charge in [0.05, 0.1) is 10.6 Å². The van der Waals surface area contributed by atoms with Crippen LogP contribution in [0.4, 0.5) is 20.2 Å². The molecule has 24 heavy (non-hydrogen) atoms. The Morgan fingerprint density at radius 2 is 2.21 bits per heavy atom. The molecule has 0 aliphatic rings. The van der Waals surface area contributed by atoms with Crippen molar-refractivity contribution in [3.8, 4) is 5.75 Å². The maximum absolute atomic E-state index is 12.8. The third-order valence-electron chi connectivity index (χ3n) is 3.12. The Labute approximate surface area is 138 Å². The first-order valence-corrected chi connectivity index (χ1v) is 6.86. The van der Waals surface area contributed by atoms with Crippen LogP contribution >= 0.6 is 11.6 Å². The van der Waals surface area contributed by atoms with Crippen molar-refractivity contribution in [3.05, 3.63) is 44.7 Å². The van der Waals surface area contributed by atoms with E-state index in [1.165, 1.54) is 25.1 Å². The molecule has 1 heterocycles. The second-order valence-corrected chi connectivity index (χ2v) is 5.18. The molecule has 1 amide bonds. The normalized spacial score (nSPS) is 10.9. The fourth-order valence-electron chi connectivity index (χ4n) is 2.02. The monoisotopic (exact) mass is 360 g/mol. The maximum Gasteiger partial charge on any atom is 0.319 e. The minimum absolute atomic E-state index is 0.0147. The minimum atomic E-state index is -3.15. The van der Waals surface area contributed by atoms with Gasteiger partial charge in [0.2, 0.25) is 11.6 Å². The Bertz CT molecular complexity index is 810. The Morgan fingerprint density at radius 1 is 1.54 bits per heavy atom. The Kier molecular flexibility index (Phi) is 4.98. The molecule has 1 aromatic heterocycles. The van der Waals surface area contributed by atoms with Crippen LogP contribution in [-0.2, 0) is 11.3 Å². The summed E-state index contributed by atoms with van der Waals surface area (Å²) in [4.78, 5) is 21.9. The number of phenols is 1. The highest BCUT2D eigenvalue weighted by Gasteiger charge is 2.31. The number of anilines is 1. The van der Waals surface area contributed by atoms with E-state index >= 15 is 0 Å². The SMILES string of the molecule is Cc1c([N+](=O)[O-])c(C(F)F)nn1CC(=O)Nc1cc(Cl)ccc1O. The number of phenolic OH excluding ortho intramolecular Hbond substituents is 1. The number of halogens is 3. The molecule has 0 aliphatic carbocycles. The van der Waals surface area contributed by atoms with Crippen LogP contribution < -0.4 is 5.32 Å². The van der Waals surface area contributed by atoms with Crippen molar-refractivity contribution < 1.29 is 23.6 Å².